The summed E-state index contributed by atoms with van der Waals surface area (Å²) in [5, 5.41) is 8.56. The van der Waals surface area contributed by atoms with E-state index in [1.165, 1.54) is 0 Å². The van der Waals surface area contributed by atoms with Crippen LogP contribution >= 0.6 is 0 Å². The highest BCUT2D eigenvalue weighted by atomic mass is 14.2. The summed E-state index contributed by atoms with van der Waals surface area (Å²) in [6.45, 7) is 0. The molecule has 0 aliphatic heterocycles. The van der Waals surface area contributed by atoms with E-state index in [0.717, 1.165) is 16.7 Å². The molecule has 1 heteroatoms. The third-order valence-corrected chi connectivity index (χ3v) is 2.31. The topological polar surface area (TPSA) is 23.8 Å². The standard InChI is InChI=1S/C16H10N/c17-13-12-16-10-8-15(9-11-16)7-6-14-4-2-1-3-5-14/h2-5,8-11H,12H2. The van der Waals surface area contributed by atoms with Gasteiger partial charge in [0, 0.05) is 11.1 Å². The minimum Gasteiger partial charge on any atom is -0.198 e. The highest BCUT2D eigenvalue weighted by molar-refractivity contribution is 5.43. The van der Waals surface area contributed by atoms with E-state index >= 15 is 0 Å². The number of hydrogen-bond acceptors (Lipinski definition) is 1. The van der Waals surface area contributed by atoms with Gasteiger partial charge in [0.15, 0.2) is 0 Å². The van der Waals surface area contributed by atoms with Crippen molar-refractivity contribution in [1.29, 1.82) is 5.26 Å². The van der Waals surface area contributed by atoms with Crippen LogP contribution in [0, 0.1) is 29.2 Å². The van der Waals surface area contributed by atoms with Crippen LogP contribution in [0.2, 0.25) is 0 Å². The summed E-state index contributed by atoms with van der Waals surface area (Å²) in [6, 6.07) is 20.4. The van der Waals surface area contributed by atoms with Crippen LogP contribution < -0.4 is 0 Å². The molecule has 0 saturated heterocycles. The lowest BCUT2D eigenvalue weighted by Crippen LogP contribution is -1.81. The van der Waals surface area contributed by atoms with Crippen molar-refractivity contribution in [3.8, 4) is 17.9 Å². The van der Waals surface area contributed by atoms with E-state index in [2.05, 4.69) is 24.0 Å². The van der Waals surface area contributed by atoms with Gasteiger partial charge < -0.3 is 0 Å². The Bertz CT molecular complexity index is 577. The van der Waals surface area contributed by atoms with Crippen molar-refractivity contribution in [3.63, 3.8) is 0 Å². The number of hydrogen-bond donors (Lipinski definition) is 0. The van der Waals surface area contributed by atoms with Gasteiger partial charge in [-0.1, -0.05) is 36.1 Å². The van der Waals surface area contributed by atoms with Gasteiger partial charge in [-0.15, -0.1) is 0 Å². The summed E-state index contributed by atoms with van der Waals surface area (Å²) >= 11 is 0. The molecule has 2 aromatic rings. The predicted octanol–water partition coefficient (Wildman–Crippen LogP) is 2.95. The van der Waals surface area contributed by atoms with E-state index in [9.17, 15) is 0 Å². The van der Waals surface area contributed by atoms with Gasteiger partial charge in [0.05, 0.1) is 12.5 Å². The first-order chi connectivity index (χ1) is 8.38. The average molecular weight is 216 g/mol. The number of nitriles is 1. The van der Waals surface area contributed by atoms with Crippen LogP contribution in [0.15, 0.2) is 48.5 Å². The van der Waals surface area contributed by atoms with Crippen LogP contribution in [0.5, 0.6) is 0 Å². The second-order valence-corrected chi connectivity index (χ2v) is 3.57. The molecule has 0 aromatic heterocycles. The zero-order valence-electron chi connectivity index (χ0n) is 9.27. The second kappa shape index (κ2) is 5.54. The van der Waals surface area contributed by atoms with Gasteiger partial charge in [-0.3, -0.25) is 0 Å². The van der Waals surface area contributed by atoms with E-state index in [1.807, 2.05) is 48.5 Å². The zero-order chi connectivity index (χ0) is 11.9. The first-order valence-electron chi connectivity index (χ1n) is 5.32. The Hall–Kier alpha value is -2.51. The summed E-state index contributed by atoms with van der Waals surface area (Å²) in [6.07, 6.45) is 0.447. The van der Waals surface area contributed by atoms with Crippen molar-refractivity contribution in [1.82, 2.24) is 0 Å². The maximum Gasteiger partial charge on any atom is 0.0669 e. The Morgan fingerprint density at radius 2 is 1.47 bits per heavy atom. The number of benzene rings is 2. The Balaban J connectivity index is 2.15. The van der Waals surface area contributed by atoms with Gasteiger partial charge in [0.25, 0.3) is 0 Å². The summed E-state index contributed by atoms with van der Waals surface area (Å²) in [7, 11) is 0. The largest absolute Gasteiger partial charge is 0.198 e. The first-order valence-corrected chi connectivity index (χ1v) is 5.32. The van der Waals surface area contributed by atoms with Gasteiger partial charge in [0.1, 0.15) is 0 Å². The van der Waals surface area contributed by atoms with Crippen molar-refractivity contribution < 1.29 is 0 Å². The molecule has 0 aliphatic carbocycles. The fourth-order valence-corrected chi connectivity index (χ4v) is 1.41. The molecule has 2 aromatic carbocycles. The monoisotopic (exact) mass is 216 g/mol. The molecule has 2 rings (SSSR count). The molecule has 0 unspecified atom stereocenters. The highest BCUT2D eigenvalue weighted by Crippen LogP contribution is 2.04. The zero-order valence-corrected chi connectivity index (χ0v) is 9.27. The number of nitrogens with zero attached hydrogens (tertiary/aromatic N) is 1. The summed E-state index contributed by atoms with van der Waals surface area (Å²) in [5.41, 5.74) is 2.96. The fraction of sp³-hybridized carbons (Fsp3) is 0.0625. The third-order valence-electron chi connectivity index (χ3n) is 2.31. The summed E-state index contributed by atoms with van der Waals surface area (Å²) in [5.74, 6) is 6.16. The minimum absolute atomic E-state index is 0.447. The van der Waals surface area contributed by atoms with Crippen LogP contribution in [0.4, 0.5) is 0 Å². The first kappa shape index (κ1) is 11.0. The van der Waals surface area contributed by atoms with Crippen LogP contribution in [-0.2, 0) is 6.42 Å². The van der Waals surface area contributed by atoms with E-state index in [-0.39, 0.29) is 0 Å². The molecule has 0 N–H and O–H groups in total. The van der Waals surface area contributed by atoms with Gasteiger partial charge >= 0.3 is 0 Å². The molecule has 0 saturated carbocycles. The van der Waals surface area contributed by atoms with Crippen molar-refractivity contribution in [2.75, 3.05) is 0 Å². The molecule has 0 fully saturated rings. The van der Waals surface area contributed by atoms with Crippen LogP contribution in [-0.4, -0.2) is 0 Å². The lowest BCUT2D eigenvalue weighted by molar-refractivity contribution is 1.26. The number of rotatable bonds is 1. The average Bonchev–Trinajstić information content (AvgIpc) is 2.40. The van der Waals surface area contributed by atoms with Crippen LogP contribution in [0.1, 0.15) is 16.7 Å². The lowest BCUT2D eigenvalue weighted by atomic mass is 10.1. The Kier molecular flexibility index (Phi) is 3.58. The lowest BCUT2D eigenvalue weighted by Gasteiger charge is -1.94. The molecule has 0 amide bonds. The second-order valence-electron chi connectivity index (χ2n) is 3.57. The molecule has 1 radical (unpaired) electrons. The molecule has 79 valence electrons. The Morgan fingerprint density at radius 1 is 0.882 bits per heavy atom. The third kappa shape index (κ3) is 3.23. The highest BCUT2D eigenvalue weighted by Gasteiger charge is 1.91. The van der Waals surface area contributed by atoms with Crippen molar-refractivity contribution in [2.45, 2.75) is 6.42 Å². The molecule has 0 aliphatic rings. The fourth-order valence-electron chi connectivity index (χ4n) is 1.41. The maximum atomic E-state index is 8.56. The normalized spacial score (nSPS) is 8.88. The molecular weight excluding hydrogens is 206 g/mol. The maximum absolute atomic E-state index is 8.56. The van der Waals surface area contributed by atoms with Crippen molar-refractivity contribution in [3.05, 3.63) is 71.3 Å². The van der Waals surface area contributed by atoms with Crippen LogP contribution in [0.25, 0.3) is 0 Å². The van der Waals surface area contributed by atoms with Gasteiger partial charge in [-0.25, -0.2) is 0 Å². The van der Waals surface area contributed by atoms with E-state index in [0.29, 0.717) is 6.42 Å². The molecule has 0 heterocycles. The van der Waals surface area contributed by atoms with Gasteiger partial charge in [-0.05, 0) is 35.9 Å². The van der Waals surface area contributed by atoms with Gasteiger partial charge in [0.2, 0.25) is 0 Å². The predicted molar refractivity (Wildman–Crippen MR) is 67.0 cm³/mol. The van der Waals surface area contributed by atoms with Gasteiger partial charge in [-0.2, -0.15) is 5.26 Å². The molecule has 17 heavy (non-hydrogen) atoms. The SMILES string of the molecule is N#CCc1ccc(C#Cc2cc[c]cc2)cc1. The molecule has 0 bridgehead atoms. The quantitative estimate of drug-likeness (QED) is 0.672. The smallest absolute Gasteiger partial charge is 0.0669 e. The van der Waals surface area contributed by atoms with Crippen molar-refractivity contribution in [2.24, 2.45) is 0 Å². The van der Waals surface area contributed by atoms with E-state index in [4.69, 9.17) is 5.26 Å². The molecule has 0 spiro atoms. The minimum atomic E-state index is 0.447. The van der Waals surface area contributed by atoms with E-state index < -0.39 is 0 Å². The molecule has 1 nitrogen and oxygen atoms in total. The van der Waals surface area contributed by atoms with E-state index in [1.54, 1.807) is 0 Å². The Labute approximate surface area is 101 Å². The summed E-state index contributed by atoms with van der Waals surface area (Å²) in [4.78, 5) is 0. The van der Waals surface area contributed by atoms with Crippen molar-refractivity contribution >= 4 is 0 Å². The Morgan fingerprint density at radius 3 is 2.06 bits per heavy atom. The molecular formula is C16H10N. The summed E-state index contributed by atoms with van der Waals surface area (Å²) < 4.78 is 0. The molecule has 0 atom stereocenters. The van der Waals surface area contributed by atoms with Crippen LogP contribution in [0.3, 0.4) is 0 Å².